The maximum Gasteiger partial charge on any atom is 0.244 e. The first kappa shape index (κ1) is 17.4. The zero-order chi connectivity index (χ0) is 15.2. The molecule has 0 saturated heterocycles. The molecule has 0 bridgehead atoms. The molecule has 1 N–H and O–H groups in total. The van der Waals surface area contributed by atoms with E-state index < -0.39 is 10.0 Å². The Balaban J connectivity index is 2.81. The van der Waals surface area contributed by atoms with Crippen molar-refractivity contribution < 1.29 is 13.2 Å². The maximum absolute atomic E-state index is 12.3. The summed E-state index contributed by atoms with van der Waals surface area (Å²) in [6.45, 7) is 6.96. The molecule has 1 aromatic carbocycles. The third kappa shape index (κ3) is 4.73. The van der Waals surface area contributed by atoms with E-state index >= 15 is 0 Å². The molecule has 0 aliphatic rings. The van der Waals surface area contributed by atoms with Gasteiger partial charge in [0.1, 0.15) is 10.6 Å². The first-order chi connectivity index (χ1) is 9.44. The first-order valence-corrected chi connectivity index (χ1v) is 8.77. The van der Waals surface area contributed by atoms with Gasteiger partial charge in [0, 0.05) is 17.6 Å². The Kier molecular flexibility index (Phi) is 6.94. The van der Waals surface area contributed by atoms with Crippen molar-refractivity contribution in [3.63, 3.8) is 0 Å². The maximum atomic E-state index is 12.3. The second-order valence-electron chi connectivity index (χ2n) is 4.22. The van der Waals surface area contributed by atoms with Gasteiger partial charge in [0.15, 0.2) is 0 Å². The second kappa shape index (κ2) is 7.97. The fourth-order valence-electron chi connectivity index (χ4n) is 1.82. The van der Waals surface area contributed by atoms with E-state index in [0.717, 1.165) is 13.1 Å². The molecule has 5 nitrogen and oxygen atoms in total. The van der Waals surface area contributed by atoms with Crippen molar-refractivity contribution in [3.05, 3.63) is 22.7 Å². The van der Waals surface area contributed by atoms with E-state index in [2.05, 4.69) is 39.4 Å². The van der Waals surface area contributed by atoms with E-state index in [0.29, 0.717) is 23.3 Å². The summed E-state index contributed by atoms with van der Waals surface area (Å²) in [5.74, 6) is 0.337. The number of methoxy groups -OCH3 is 1. The molecule has 0 atom stereocenters. The average Bonchev–Trinajstić information content (AvgIpc) is 2.43. The fraction of sp³-hybridized carbons (Fsp3) is 0.538. The van der Waals surface area contributed by atoms with Crippen LogP contribution in [0.3, 0.4) is 0 Å². The predicted molar refractivity (Wildman–Crippen MR) is 83.7 cm³/mol. The Morgan fingerprint density at radius 1 is 1.30 bits per heavy atom. The molecule has 1 aromatic rings. The lowest BCUT2D eigenvalue weighted by atomic mass is 10.3. The van der Waals surface area contributed by atoms with Gasteiger partial charge in [-0.25, -0.2) is 13.1 Å². The minimum atomic E-state index is -3.57. The molecule has 0 aromatic heterocycles. The minimum Gasteiger partial charge on any atom is -0.495 e. The van der Waals surface area contributed by atoms with Gasteiger partial charge in [-0.05, 0) is 31.3 Å². The van der Waals surface area contributed by atoms with Crippen molar-refractivity contribution in [2.24, 2.45) is 0 Å². The van der Waals surface area contributed by atoms with E-state index in [1.807, 2.05) is 0 Å². The van der Waals surface area contributed by atoms with Crippen LogP contribution >= 0.6 is 15.9 Å². The molecule has 0 radical (unpaired) electrons. The normalized spacial score (nSPS) is 11.8. The average molecular weight is 365 g/mol. The standard InChI is InChI=1S/C13H21BrN2O3S/c1-4-16(5-2)9-8-15-20(17,18)13-10-11(14)6-7-12(13)19-3/h6-7,10,15H,4-5,8-9H2,1-3H3. The zero-order valence-corrected chi connectivity index (χ0v) is 14.4. The van der Waals surface area contributed by atoms with Crippen LogP contribution in [-0.4, -0.2) is 46.6 Å². The Hall–Kier alpha value is -0.630. The topological polar surface area (TPSA) is 58.6 Å². The van der Waals surface area contributed by atoms with Crippen molar-refractivity contribution in [1.82, 2.24) is 9.62 Å². The van der Waals surface area contributed by atoms with E-state index in [-0.39, 0.29) is 4.90 Å². The van der Waals surface area contributed by atoms with Crippen molar-refractivity contribution in [2.45, 2.75) is 18.7 Å². The highest BCUT2D eigenvalue weighted by Gasteiger charge is 2.19. The van der Waals surface area contributed by atoms with Gasteiger partial charge < -0.3 is 9.64 Å². The molecule has 20 heavy (non-hydrogen) atoms. The van der Waals surface area contributed by atoms with E-state index in [1.54, 1.807) is 18.2 Å². The van der Waals surface area contributed by atoms with E-state index in [1.165, 1.54) is 7.11 Å². The molecule has 0 amide bonds. The molecule has 0 heterocycles. The summed E-state index contributed by atoms with van der Waals surface area (Å²) in [6.07, 6.45) is 0. The van der Waals surface area contributed by atoms with E-state index in [4.69, 9.17) is 4.74 Å². The molecular weight excluding hydrogens is 344 g/mol. The van der Waals surface area contributed by atoms with Crippen LogP contribution in [0, 0.1) is 0 Å². The van der Waals surface area contributed by atoms with Gasteiger partial charge in [-0.3, -0.25) is 0 Å². The summed E-state index contributed by atoms with van der Waals surface area (Å²) >= 11 is 3.28. The lowest BCUT2D eigenvalue weighted by molar-refractivity contribution is 0.309. The van der Waals surface area contributed by atoms with Gasteiger partial charge in [-0.15, -0.1) is 0 Å². The Bertz CT molecular complexity index is 530. The molecule has 0 aliphatic heterocycles. The third-order valence-corrected chi connectivity index (χ3v) is 5.01. The smallest absolute Gasteiger partial charge is 0.244 e. The van der Waals surface area contributed by atoms with Gasteiger partial charge in [0.25, 0.3) is 0 Å². The molecule has 0 fully saturated rings. The number of hydrogen-bond donors (Lipinski definition) is 1. The molecule has 0 aliphatic carbocycles. The summed E-state index contributed by atoms with van der Waals surface area (Å²) in [4.78, 5) is 2.30. The molecule has 7 heteroatoms. The molecule has 0 saturated carbocycles. The molecule has 0 unspecified atom stereocenters. The summed E-state index contributed by atoms with van der Waals surface area (Å²) in [5, 5.41) is 0. The van der Waals surface area contributed by atoms with Crippen LogP contribution in [0.4, 0.5) is 0 Å². The van der Waals surface area contributed by atoms with Crippen molar-refractivity contribution in [3.8, 4) is 5.75 Å². The Morgan fingerprint density at radius 2 is 1.95 bits per heavy atom. The molecule has 1 rings (SSSR count). The molecule has 114 valence electrons. The van der Waals surface area contributed by atoms with Crippen molar-refractivity contribution >= 4 is 26.0 Å². The van der Waals surface area contributed by atoms with E-state index in [9.17, 15) is 8.42 Å². The first-order valence-electron chi connectivity index (χ1n) is 6.50. The van der Waals surface area contributed by atoms with Crippen LogP contribution in [-0.2, 0) is 10.0 Å². The largest absolute Gasteiger partial charge is 0.495 e. The van der Waals surface area contributed by atoms with Crippen LogP contribution in [0.15, 0.2) is 27.6 Å². The van der Waals surface area contributed by atoms with Crippen molar-refractivity contribution in [1.29, 1.82) is 0 Å². The minimum absolute atomic E-state index is 0.147. The highest BCUT2D eigenvalue weighted by molar-refractivity contribution is 9.10. The van der Waals surface area contributed by atoms with Gasteiger partial charge in [-0.1, -0.05) is 29.8 Å². The summed E-state index contributed by atoms with van der Waals surface area (Å²) in [5.41, 5.74) is 0. The highest BCUT2D eigenvalue weighted by atomic mass is 79.9. The van der Waals surface area contributed by atoms with Crippen molar-refractivity contribution in [2.75, 3.05) is 33.3 Å². The lowest BCUT2D eigenvalue weighted by Gasteiger charge is -2.18. The number of ether oxygens (including phenoxy) is 1. The zero-order valence-electron chi connectivity index (χ0n) is 12.0. The number of hydrogen-bond acceptors (Lipinski definition) is 4. The second-order valence-corrected chi connectivity index (χ2v) is 6.87. The summed E-state index contributed by atoms with van der Waals surface area (Å²) < 4.78 is 33.0. The number of nitrogens with zero attached hydrogens (tertiary/aromatic N) is 1. The number of likely N-dealkylation sites (N-methyl/N-ethyl adjacent to an activating group) is 1. The third-order valence-electron chi connectivity index (χ3n) is 3.03. The quantitative estimate of drug-likeness (QED) is 0.766. The number of halogens is 1. The SMILES string of the molecule is CCN(CC)CCNS(=O)(=O)c1cc(Br)ccc1OC. The van der Waals surface area contributed by atoms with Gasteiger partial charge in [-0.2, -0.15) is 0 Å². The lowest BCUT2D eigenvalue weighted by Crippen LogP contribution is -2.34. The van der Waals surface area contributed by atoms with Gasteiger partial charge in [0.2, 0.25) is 10.0 Å². The number of sulfonamides is 1. The van der Waals surface area contributed by atoms with Gasteiger partial charge >= 0.3 is 0 Å². The molecule has 0 spiro atoms. The van der Waals surface area contributed by atoms with Crippen LogP contribution in [0.5, 0.6) is 5.75 Å². The summed E-state index contributed by atoms with van der Waals surface area (Å²) in [7, 11) is -2.11. The van der Waals surface area contributed by atoms with Crippen LogP contribution in [0.25, 0.3) is 0 Å². The van der Waals surface area contributed by atoms with Crippen LogP contribution < -0.4 is 9.46 Å². The Morgan fingerprint density at radius 3 is 2.50 bits per heavy atom. The number of nitrogens with one attached hydrogen (secondary N) is 1. The van der Waals surface area contributed by atoms with Crippen LogP contribution in [0.2, 0.25) is 0 Å². The monoisotopic (exact) mass is 364 g/mol. The number of rotatable bonds is 8. The predicted octanol–water partition coefficient (Wildman–Crippen LogP) is 2.08. The Labute approximate surface area is 129 Å². The van der Waals surface area contributed by atoms with Crippen LogP contribution in [0.1, 0.15) is 13.8 Å². The molecular formula is C13H21BrN2O3S. The highest BCUT2D eigenvalue weighted by Crippen LogP contribution is 2.26. The fourth-order valence-corrected chi connectivity index (χ4v) is 3.54. The number of benzene rings is 1. The summed E-state index contributed by atoms with van der Waals surface area (Å²) in [6, 6.07) is 4.91. The van der Waals surface area contributed by atoms with Gasteiger partial charge in [0.05, 0.1) is 7.11 Å².